The molecule has 3 aromatic rings. The number of hydrazone groups is 1. The predicted octanol–water partition coefficient (Wildman–Crippen LogP) is 2.61. The highest BCUT2D eigenvalue weighted by atomic mass is 16.3. The Morgan fingerprint density at radius 1 is 1.28 bits per heavy atom. The third-order valence-corrected chi connectivity index (χ3v) is 2.69. The first kappa shape index (κ1) is 10.6. The third-order valence-electron chi connectivity index (χ3n) is 2.69. The Bertz CT molecular complexity index is 682. The molecule has 1 N–H and O–H groups in total. The molecule has 0 atom stereocenters. The van der Waals surface area contributed by atoms with Gasteiger partial charge < -0.3 is 8.98 Å². The van der Waals surface area contributed by atoms with E-state index in [1.54, 1.807) is 12.5 Å². The van der Waals surface area contributed by atoms with Gasteiger partial charge in [-0.3, -0.25) is 0 Å². The lowest BCUT2D eigenvalue weighted by Gasteiger charge is -1.99. The molecule has 5 nitrogen and oxygen atoms in total. The van der Waals surface area contributed by atoms with Crippen molar-refractivity contribution in [2.75, 3.05) is 5.43 Å². The molecule has 2 heterocycles. The van der Waals surface area contributed by atoms with Gasteiger partial charge in [-0.2, -0.15) is 5.10 Å². The molecule has 2 aromatic heterocycles. The number of furan rings is 1. The number of imidazole rings is 1. The van der Waals surface area contributed by atoms with Gasteiger partial charge in [0.25, 0.3) is 0 Å². The summed E-state index contributed by atoms with van der Waals surface area (Å²) >= 11 is 0. The fraction of sp³-hybridized carbons (Fsp3) is 0.0769. The minimum atomic E-state index is 0.694. The van der Waals surface area contributed by atoms with E-state index in [9.17, 15) is 0 Å². The second-order valence-electron chi connectivity index (χ2n) is 3.87. The van der Waals surface area contributed by atoms with Crippen molar-refractivity contribution in [3.8, 4) is 0 Å². The number of hydrogen-bond acceptors (Lipinski definition) is 4. The van der Waals surface area contributed by atoms with E-state index in [0.717, 1.165) is 11.0 Å². The second kappa shape index (κ2) is 4.37. The van der Waals surface area contributed by atoms with Crippen LogP contribution in [0.4, 0.5) is 5.95 Å². The molecular formula is C13H12N4O. The predicted molar refractivity (Wildman–Crippen MR) is 70.6 cm³/mol. The number of hydrogen-bond donors (Lipinski definition) is 1. The van der Waals surface area contributed by atoms with E-state index in [2.05, 4.69) is 15.5 Å². The first-order chi connectivity index (χ1) is 8.84. The van der Waals surface area contributed by atoms with Crippen molar-refractivity contribution in [2.24, 2.45) is 12.1 Å². The molecule has 5 heteroatoms. The number of rotatable bonds is 3. The Balaban J connectivity index is 1.85. The summed E-state index contributed by atoms with van der Waals surface area (Å²) in [6.45, 7) is 0. The lowest BCUT2D eigenvalue weighted by molar-refractivity contribution is 0.560. The SMILES string of the molecule is Cn1c(N/N=C\c2ccco2)nc2ccccc21. The number of benzene rings is 1. The summed E-state index contributed by atoms with van der Waals surface area (Å²) in [5, 5.41) is 4.09. The molecule has 0 saturated carbocycles. The summed E-state index contributed by atoms with van der Waals surface area (Å²) in [4.78, 5) is 4.44. The van der Waals surface area contributed by atoms with Crippen LogP contribution in [0.1, 0.15) is 5.76 Å². The van der Waals surface area contributed by atoms with Gasteiger partial charge in [0.05, 0.1) is 23.5 Å². The van der Waals surface area contributed by atoms with Gasteiger partial charge >= 0.3 is 0 Å². The van der Waals surface area contributed by atoms with Crippen LogP contribution in [-0.2, 0) is 7.05 Å². The molecule has 0 saturated heterocycles. The summed E-state index contributed by atoms with van der Waals surface area (Å²) in [7, 11) is 1.94. The van der Waals surface area contributed by atoms with Crippen molar-refractivity contribution in [1.82, 2.24) is 9.55 Å². The monoisotopic (exact) mass is 240 g/mol. The smallest absolute Gasteiger partial charge is 0.224 e. The number of anilines is 1. The molecule has 0 radical (unpaired) electrons. The van der Waals surface area contributed by atoms with Crippen LogP contribution in [0.3, 0.4) is 0 Å². The Hall–Kier alpha value is -2.56. The lowest BCUT2D eigenvalue weighted by Crippen LogP contribution is -1.98. The van der Waals surface area contributed by atoms with Crippen LogP contribution in [0.25, 0.3) is 11.0 Å². The van der Waals surface area contributed by atoms with E-state index in [1.807, 2.05) is 48.0 Å². The summed E-state index contributed by atoms with van der Waals surface area (Å²) < 4.78 is 7.10. The van der Waals surface area contributed by atoms with Crippen molar-refractivity contribution in [3.63, 3.8) is 0 Å². The Labute approximate surface area is 104 Å². The molecule has 0 bridgehead atoms. The summed E-state index contributed by atoms with van der Waals surface area (Å²) in [6.07, 6.45) is 3.22. The normalized spacial score (nSPS) is 11.4. The maximum Gasteiger partial charge on any atom is 0.224 e. The number of para-hydroxylation sites is 2. The first-order valence-corrected chi connectivity index (χ1v) is 5.58. The first-order valence-electron chi connectivity index (χ1n) is 5.58. The highest BCUT2D eigenvalue weighted by Gasteiger charge is 2.04. The molecule has 0 spiro atoms. The molecule has 0 aliphatic rings. The zero-order valence-corrected chi connectivity index (χ0v) is 9.87. The molecule has 0 amide bonds. The van der Waals surface area contributed by atoms with E-state index < -0.39 is 0 Å². The van der Waals surface area contributed by atoms with E-state index in [4.69, 9.17) is 4.42 Å². The molecule has 3 rings (SSSR count). The number of fused-ring (bicyclic) bond motifs is 1. The minimum Gasteiger partial charge on any atom is -0.463 e. The number of aromatic nitrogens is 2. The lowest BCUT2D eigenvalue weighted by atomic mass is 10.3. The van der Waals surface area contributed by atoms with Gasteiger partial charge in [-0.1, -0.05) is 12.1 Å². The van der Waals surface area contributed by atoms with Gasteiger partial charge in [0.2, 0.25) is 5.95 Å². The summed E-state index contributed by atoms with van der Waals surface area (Å²) in [6, 6.07) is 11.6. The Kier molecular flexibility index (Phi) is 2.57. The van der Waals surface area contributed by atoms with Crippen LogP contribution in [0, 0.1) is 0 Å². The highest BCUT2D eigenvalue weighted by molar-refractivity contribution is 5.79. The van der Waals surface area contributed by atoms with Gasteiger partial charge in [0, 0.05) is 7.05 Å². The molecule has 0 aliphatic carbocycles. The van der Waals surface area contributed by atoms with Gasteiger partial charge in [-0.25, -0.2) is 10.4 Å². The Morgan fingerprint density at radius 2 is 2.17 bits per heavy atom. The third kappa shape index (κ3) is 1.86. The van der Waals surface area contributed by atoms with E-state index in [-0.39, 0.29) is 0 Å². The highest BCUT2D eigenvalue weighted by Crippen LogP contribution is 2.17. The topological polar surface area (TPSA) is 55.4 Å². The number of aryl methyl sites for hydroxylation is 1. The standard InChI is InChI=1S/C13H12N4O/c1-17-12-7-3-2-6-11(12)15-13(17)16-14-9-10-5-4-8-18-10/h2-9H,1H3,(H,15,16)/b14-9-. The number of nitrogens with one attached hydrogen (secondary N) is 1. The van der Waals surface area contributed by atoms with Gasteiger partial charge in [0.1, 0.15) is 5.76 Å². The van der Waals surface area contributed by atoms with Crippen molar-refractivity contribution in [3.05, 3.63) is 48.4 Å². The van der Waals surface area contributed by atoms with Crippen LogP contribution < -0.4 is 5.43 Å². The average molecular weight is 240 g/mol. The van der Waals surface area contributed by atoms with Crippen LogP contribution in [0.5, 0.6) is 0 Å². The number of nitrogens with zero attached hydrogens (tertiary/aromatic N) is 3. The van der Waals surface area contributed by atoms with E-state index in [1.165, 1.54) is 0 Å². The van der Waals surface area contributed by atoms with E-state index in [0.29, 0.717) is 11.7 Å². The van der Waals surface area contributed by atoms with Crippen LogP contribution in [-0.4, -0.2) is 15.8 Å². The zero-order valence-electron chi connectivity index (χ0n) is 9.87. The molecular weight excluding hydrogens is 228 g/mol. The average Bonchev–Trinajstić information content (AvgIpc) is 3.00. The largest absolute Gasteiger partial charge is 0.463 e. The van der Waals surface area contributed by atoms with Gasteiger partial charge in [-0.05, 0) is 24.3 Å². The van der Waals surface area contributed by atoms with Gasteiger partial charge in [-0.15, -0.1) is 0 Å². The quantitative estimate of drug-likeness (QED) is 0.565. The van der Waals surface area contributed by atoms with E-state index >= 15 is 0 Å². The fourth-order valence-corrected chi connectivity index (χ4v) is 1.76. The fourth-order valence-electron chi connectivity index (χ4n) is 1.76. The van der Waals surface area contributed by atoms with Crippen molar-refractivity contribution in [2.45, 2.75) is 0 Å². The second-order valence-corrected chi connectivity index (χ2v) is 3.87. The van der Waals surface area contributed by atoms with Crippen molar-refractivity contribution in [1.29, 1.82) is 0 Å². The van der Waals surface area contributed by atoms with Crippen molar-refractivity contribution < 1.29 is 4.42 Å². The van der Waals surface area contributed by atoms with Crippen LogP contribution in [0.2, 0.25) is 0 Å². The summed E-state index contributed by atoms with van der Waals surface area (Å²) in [5.41, 5.74) is 4.91. The Morgan fingerprint density at radius 3 is 2.94 bits per heavy atom. The minimum absolute atomic E-state index is 0.694. The zero-order chi connectivity index (χ0) is 12.4. The van der Waals surface area contributed by atoms with Gasteiger partial charge in [0.15, 0.2) is 0 Å². The molecule has 0 aliphatic heterocycles. The van der Waals surface area contributed by atoms with Crippen LogP contribution >= 0.6 is 0 Å². The maximum atomic E-state index is 5.14. The molecule has 1 aromatic carbocycles. The van der Waals surface area contributed by atoms with Crippen LogP contribution in [0.15, 0.2) is 52.2 Å². The molecule has 18 heavy (non-hydrogen) atoms. The summed E-state index contributed by atoms with van der Waals surface area (Å²) in [5.74, 6) is 1.39. The molecule has 0 unspecified atom stereocenters. The van der Waals surface area contributed by atoms with Crippen molar-refractivity contribution >= 4 is 23.2 Å². The maximum absolute atomic E-state index is 5.14. The molecule has 90 valence electrons. The molecule has 0 fully saturated rings.